The second-order valence-electron chi connectivity index (χ2n) is 6.17. The molecule has 1 aromatic heterocycles. The number of nitrogens with zero attached hydrogens (tertiary/aromatic N) is 5. The zero-order valence-electron chi connectivity index (χ0n) is 13.5. The molecular weight excluding hydrogens is 278 g/mol. The molecule has 4 rings (SSSR count). The summed E-state index contributed by atoms with van der Waals surface area (Å²) >= 11 is 0. The lowest BCUT2D eigenvalue weighted by molar-refractivity contribution is 0.112. The van der Waals surface area contributed by atoms with Crippen molar-refractivity contribution in [2.45, 2.75) is 32.7 Å². The van der Waals surface area contributed by atoms with E-state index in [1.807, 2.05) is 24.9 Å². The van der Waals surface area contributed by atoms with E-state index in [1.54, 1.807) is 12.4 Å². The first-order valence-electron chi connectivity index (χ1n) is 8.29. The van der Waals surface area contributed by atoms with E-state index < -0.39 is 0 Å². The van der Waals surface area contributed by atoms with Gasteiger partial charge in [0.15, 0.2) is 0 Å². The predicted octanol–water partition coefficient (Wildman–Crippen LogP) is 1.84. The molecule has 0 aromatic carbocycles. The molecule has 0 N–H and O–H groups in total. The third-order valence-electron chi connectivity index (χ3n) is 4.87. The van der Waals surface area contributed by atoms with E-state index in [1.165, 1.54) is 6.42 Å². The number of urea groups is 1. The van der Waals surface area contributed by atoms with Gasteiger partial charge < -0.3 is 14.7 Å². The van der Waals surface area contributed by atoms with E-state index >= 15 is 0 Å². The van der Waals surface area contributed by atoms with E-state index in [0.29, 0.717) is 5.92 Å². The van der Waals surface area contributed by atoms with Crippen LogP contribution in [0.25, 0.3) is 0 Å². The van der Waals surface area contributed by atoms with Gasteiger partial charge in [-0.1, -0.05) is 0 Å². The van der Waals surface area contributed by atoms with Crippen molar-refractivity contribution >= 4 is 11.8 Å². The maximum atomic E-state index is 12.8. The summed E-state index contributed by atoms with van der Waals surface area (Å²) in [5, 5.41) is 0. The fourth-order valence-electron chi connectivity index (χ4n) is 3.63. The molecule has 2 amide bonds. The summed E-state index contributed by atoms with van der Waals surface area (Å²) < 4.78 is 0. The lowest BCUT2D eigenvalue weighted by Crippen LogP contribution is -2.52. The zero-order chi connectivity index (χ0) is 15.5. The monoisotopic (exact) mass is 303 g/mol. The minimum absolute atomic E-state index is 0.195. The summed E-state index contributed by atoms with van der Waals surface area (Å²) in [4.78, 5) is 27.7. The molecule has 0 spiro atoms. The quantitative estimate of drug-likeness (QED) is 0.855. The molecule has 3 saturated heterocycles. The Labute approximate surface area is 132 Å². The maximum absolute atomic E-state index is 12.8. The Bertz CT molecular complexity index is 505. The first kappa shape index (κ1) is 15.1. The molecule has 3 fully saturated rings. The summed E-state index contributed by atoms with van der Waals surface area (Å²) in [6, 6.07) is 0.481. The van der Waals surface area contributed by atoms with Gasteiger partial charge in [0.05, 0.1) is 12.2 Å². The third-order valence-corrected chi connectivity index (χ3v) is 4.87. The highest BCUT2D eigenvalue weighted by molar-refractivity contribution is 5.75. The van der Waals surface area contributed by atoms with Gasteiger partial charge in [-0.25, -0.2) is 9.78 Å². The Morgan fingerprint density at radius 3 is 2.73 bits per heavy atom. The fourth-order valence-corrected chi connectivity index (χ4v) is 3.63. The van der Waals surface area contributed by atoms with Crippen LogP contribution in [-0.2, 0) is 0 Å². The van der Waals surface area contributed by atoms with Crippen LogP contribution in [0.5, 0.6) is 0 Å². The van der Waals surface area contributed by atoms with Crippen molar-refractivity contribution in [1.82, 2.24) is 19.8 Å². The van der Waals surface area contributed by atoms with Gasteiger partial charge in [-0.05, 0) is 32.6 Å². The van der Waals surface area contributed by atoms with Crippen LogP contribution in [0.1, 0.15) is 26.7 Å². The van der Waals surface area contributed by atoms with Gasteiger partial charge in [0, 0.05) is 45.1 Å². The fraction of sp³-hybridized carbons (Fsp3) is 0.688. The number of aromatic nitrogens is 2. The van der Waals surface area contributed by atoms with E-state index in [-0.39, 0.29) is 12.1 Å². The van der Waals surface area contributed by atoms with E-state index in [0.717, 1.165) is 45.0 Å². The predicted molar refractivity (Wildman–Crippen MR) is 85.8 cm³/mol. The van der Waals surface area contributed by atoms with E-state index in [4.69, 9.17) is 0 Å². The molecule has 22 heavy (non-hydrogen) atoms. The molecule has 120 valence electrons. The molecule has 0 aliphatic carbocycles. The Balaban J connectivity index is 1.77. The number of hydrogen-bond donors (Lipinski definition) is 0. The van der Waals surface area contributed by atoms with Crippen LogP contribution in [0.2, 0.25) is 0 Å². The number of hydrogen-bond acceptors (Lipinski definition) is 4. The normalized spacial score (nSPS) is 24.3. The number of amides is 2. The van der Waals surface area contributed by atoms with Crippen LogP contribution < -0.4 is 4.90 Å². The highest BCUT2D eigenvalue weighted by Gasteiger charge is 2.38. The first-order valence-corrected chi connectivity index (χ1v) is 8.29. The number of fused-ring (bicyclic) bond motifs is 4. The summed E-state index contributed by atoms with van der Waals surface area (Å²) in [6.07, 6.45) is 7.55. The standard InChI is InChI=1S/C16H25N5O/c1-3-19(4-2)16(22)21-11-13-5-6-14(21)12-20(10-13)15-9-17-7-8-18-15/h7-9,13-14H,3-6,10-12H2,1-2H3/t13-,14+/m0/s1. The third kappa shape index (κ3) is 2.87. The summed E-state index contributed by atoms with van der Waals surface area (Å²) in [5.74, 6) is 1.46. The average Bonchev–Trinajstić information content (AvgIpc) is 2.88. The molecule has 3 aliphatic rings. The van der Waals surface area contributed by atoms with Gasteiger partial charge in [-0.2, -0.15) is 0 Å². The average molecular weight is 303 g/mol. The summed E-state index contributed by atoms with van der Waals surface area (Å²) in [5.41, 5.74) is 0. The van der Waals surface area contributed by atoms with Crippen molar-refractivity contribution in [3.05, 3.63) is 18.6 Å². The smallest absolute Gasteiger partial charge is 0.320 e. The molecule has 6 heteroatoms. The topological polar surface area (TPSA) is 52.6 Å². The zero-order valence-corrected chi connectivity index (χ0v) is 13.5. The van der Waals surface area contributed by atoms with E-state index in [9.17, 15) is 4.79 Å². The molecule has 0 saturated carbocycles. The Hall–Kier alpha value is -1.85. The Morgan fingerprint density at radius 1 is 1.23 bits per heavy atom. The van der Waals surface area contributed by atoms with Crippen LogP contribution in [0, 0.1) is 5.92 Å². The number of piperidine rings is 1. The molecule has 4 heterocycles. The van der Waals surface area contributed by atoms with Crippen molar-refractivity contribution in [2.75, 3.05) is 37.6 Å². The van der Waals surface area contributed by atoms with Crippen molar-refractivity contribution in [3.63, 3.8) is 0 Å². The molecule has 6 nitrogen and oxygen atoms in total. The molecule has 2 bridgehead atoms. The molecule has 2 atom stereocenters. The maximum Gasteiger partial charge on any atom is 0.320 e. The van der Waals surface area contributed by atoms with Gasteiger partial charge in [0.2, 0.25) is 0 Å². The van der Waals surface area contributed by atoms with Crippen LogP contribution in [0.15, 0.2) is 18.6 Å². The lowest BCUT2D eigenvalue weighted by Gasteiger charge is -2.38. The Morgan fingerprint density at radius 2 is 2.05 bits per heavy atom. The second kappa shape index (κ2) is 6.50. The summed E-state index contributed by atoms with van der Waals surface area (Å²) in [7, 11) is 0. The van der Waals surface area contributed by atoms with Gasteiger partial charge in [-0.15, -0.1) is 0 Å². The van der Waals surface area contributed by atoms with Gasteiger partial charge in [-0.3, -0.25) is 4.98 Å². The lowest BCUT2D eigenvalue weighted by atomic mass is 9.95. The van der Waals surface area contributed by atoms with Crippen LogP contribution in [-0.4, -0.2) is 64.6 Å². The molecule has 3 aliphatic heterocycles. The van der Waals surface area contributed by atoms with E-state index in [2.05, 4.69) is 19.8 Å². The largest absolute Gasteiger partial charge is 0.353 e. The highest BCUT2D eigenvalue weighted by atomic mass is 16.2. The Kier molecular flexibility index (Phi) is 4.45. The SMILES string of the molecule is CCN(CC)C(=O)N1C[C@H]2CC[C@@H]1CN(c1cnccn1)C2. The van der Waals surface area contributed by atoms with Gasteiger partial charge in [0.25, 0.3) is 0 Å². The van der Waals surface area contributed by atoms with Crippen LogP contribution in [0.3, 0.4) is 0 Å². The number of carbonyl (C=O) groups excluding carboxylic acids is 1. The van der Waals surface area contributed by atoms with Crippen LogP contribution in [0.4, 0.5) is 10.6 Å². The molecule has 0 radical (unpaired) electrons. The molecule has 1 aromatic rings. The summed E-state index contributed by atoms with van der Waals surface area (Å²) in [6.45, 7) is 8.34. The number of carbonyl (C=O) groups is 1. The number of anilines is 1. The molecule has 0 unspecified atom stereocenters. The first-order chi connectivity index (χ1) is 10.7. The van der Waals surface area contributed by atoms with Crippen molar-refractivity contribution in [3.8, 4) is 0 Å². The van der Waals surface area contributed by atoms with Crippen molar-refractivity contribution in [2.24, 2.45) is 5.92 Å². The minimum Gasteiger partial charge on any atom is -0.353 e. The van der Waals surface area contributed by atoms with Crippen molar-refractivity contribution < 1.29 is 4.79 Å². The number of rotatable bonds is 3. The molecular formula is C16H25N5O. The minimum atomic E-state index is 0.195. The van der Waals surface area contributed by atoms with Gasteiger partial charge in [0.1, 0.15) is 5.82 Å². The second-order valence-corrected chi connectivity index (χ2v) is 6.17. The van der Waals surface area contributed by atoms with Crippen molar-refractivity contribution in [1.29, 1.82) is 0 Å². The highest BCUT2D eigenvalue weighted by Crippen LogP contribution is 2.30. The van der Waals surface area contributed by atoms with Gasteiger partial charge >= 0.3 is 6.03 Å². The van der Waals surface area contributed by atoms with Crippen LogP contribution >= 0.6 is 0 Å².